The predicted octanol–water partition coefficient (Wildman–Crippen LogP) is 0.610. The summed E-state index contributed by atoms with van der Waals surface area (Å²) in [5.74, 6) is -0.879. The van der Waals surface area contributed by atoms with E-state index in [1.54, 1.807) is 48.5 Å². The Morgan fingerprint density at radius 1 is 0.548 bits per heavy atom. The van der Waals surface area contributed by atoms with Crippen LogP contribution in [-0.4, -0.2) is 36.8 Å². The van der Waals surface area contributed by atoms with Crippen LogP contribution in [0.25, 0.3) is 0 Å². The molecular weight excluding hydrogens is 404 g/mol. The van der Waals surface area contributed by atoms with Crippen LogP contribution in [0.1, 0.15) is 19.3 Å². The van der Waals surface area contributed by atoms with Crippen LogP contribution in [0.2, 0.25) is 0 Å². The second-order valence-electron chi connectivity index (χ2n) is 6.25. The van der Waals surface area contributed by atoms with Gasteiger partial charge in [-0.2, -0.15) is 0 Å². The molecule has 4 amide bonds. The molecular formula is C21H24N4O6. The van der Waals surface area contributed by atoms with E-state index in [-0.39, 0.29) is 32.5 Å². The molecule has 2 aromatic rings. The molecule has 10 nitrogen and oxygen atoms in total. The molecule has 0 unspecified atom stereocenters. The van der Waals surface area contributed by atoms with Gasteiger partial charge in [0.15, 0.2) is 13.2 Å². The first-order chi connectivity index (χ1) is 15.0. The van der Waals surface area contributed by atoms with Gasteiger partial charge in [-0.05, 0) is 30.7 Å². The van der Waals surface area contributed by atoms with E-state index in [1.807, 2.05) is 12.1 Å². The second-order valence-corrected chi connectivity index (χ2v) is 6.25. The molecule has 0 aliphatic carbocycles. The van der Waals surface area contributed by atoms with Gasteiger partial charge in [0.1, 0.15) is 11.5 Å². The maximum atomic E-state index is 11.7. The average Bonchev–Trinajstić information content (AvgIpc) is 2.80. The highest BCUT2D eigenvalue weighted by molar-refractivity contribution is 5.84. The Morgan fingerprint density at radius 2 is 0.903 bits per heavy atom. The monoisotopic (exact) mass is 428 g/mol. The number of hydrazine groups is 2. The fourth-order valence-corrected chi connectivity index (χ4v) is 2.22. The van der Waals surface area contributed by atoms with E-state index in [4.69, 9.17) is 9.47 Å². The van der Waals surface area contributed by atoms with Crippen molar-refractivity contribution in [3.63, 3.8) is 0 Å². The standard InChI is InChI=1S/C21H24N4O6/c26-18(22-24-20(28)14-30-16-8-3-1-4-9-16)12-7-13-19(27)23-25-21(29)15-31-17-10-5-2-6-11-17/h1-6,8-11H,7,12-15H2,(H,22,26)(H,23,27)(H,24,28)(H,25,29). The summed E-state index contributed by atoms with van der Waals surface area (Å²) in [6.45, 7) is -0.499. The summed E-state index contributed by atoms with van der Waals surface area (Å²) in [7, 11) is 0. The number of carbonyl (C=O) groups is 4. The zero-order valence-electron chi connectivity index (χ0n) is 16.8. The van der Waals surface area contributed by atoms with Crippen molar-refractivity contribution in [2.24, 2.45) is 0 Å². The van der Waals surface area contributed by atoms with Crippen molar-refractivity contribution in [2.75, 3.05) is 13.2 Å². The first-order valence-electron chi connectivity index (χ1n) is 9.54. The molecule has 0 aliphatic rings. The van der Waals surface area contributed by atoms with E-state index in [1.165, 1.54) is 0 Å². The molecule has 2 aromatic carbocycles. The third kappa shape index (κ3) is 10.3. The molecule has 10 heteroatoms. The largest absolute Gasteiger partial charge is 0.484 e. The molecule has 4 N–H and O–H groups in total. The fraction of sp³-hybridized carbons (Fsp3) is 0.238. The van der Waals surface area contributed by atoms with E-state index < -0.39 is 23.6 Å². The van der Waals surface area contributed by atoms with Crippen molar-refractivity contribution >= 4 is 23.6 Å². The van der Waals surface area contributed by atoms with Gasteiger partial charge in [-0.1, -0.05) is 36.4 Å². The van der Waals surface area contributed by atoms with E-state index in [0.717, 1.165) is 0 Å². The highest BCUT2D eigenvalue weighted by atomic mass is 16.5. The Labute approximate surface area is 179 Å². The second kappa shape index (κ2) is 13.2. The van der Waals surface area contributed by atoms with Gasteiger partial charge in [0, 0.05) is 12.8 Å². The maximum absolute atomic E-state index is 11.7. The lowest BCUT2D eigenvalue weighted by Gasteiger charge is -2.09. The average molecular weight is 428 g/mol. The summed E-state index contributed by atoms with van der Waals surface area (Å²) < 4.78 is 10.5. The SMILES string of the molecule is O=C(CCCC(=O)NNC(=O)COc1ccccc1)NNC(=O)COc1ccccc1. The third-order valence-corrected chi connectivity index (χ3v) is 3.72. The van der Waals surface area contributed by atoms with Gasteiger partial charge in [0.25, 0.3) is 11.8 Å². The topological polar surface area (TPSA) is 135 Å². The minimum Gasteiger partial charge on any atom is -0.484 e. The molecule has 164 valence electrons. The number of carbonyl (C=O) groups excluding carboxylic acids is 4. The molecule has 0 heterocycles. The van der Waals surface area contributed by atoms with Crippen LogP contribution in [0.15, 0.2) is 60.7 Å². The molecule has 31 heavy (non-hydrogen) atoms. The minimum atomic E-state index is -0.518. The molecule has 2 rings (SSSR count). The van der Waals surface area contributed by atoms with Crippen molar-refractivity contribution < 1.29 is 28.7 Å². The number of para-hydroxylation sites is 2. The predicted molar refractivity (Wildman–Crippen MR) is 110 cm³/mol. The van der Waals surface area contributed by atoms with E-state index in [9.17, 15) is 19.2 Å². The Kier molecular flexibility index (Phi) is 9.88. The third-order valence-electron chi connectivity index (χ3n) is 3.72. The number of ether oxygens (including phenoxy) is 2. The van der Waals surface area contributed by atoms with E-state index in [2.05, 4.69) is 21.7 Å². The van der Waals surface area contributed by atoms with Crippen LogP contribution in [0.3, 0.4) is 0 Å². The van der Waals surface area contributed by atoms with Gasteiger partial charge in [-0.25, -0.2) is 0 Å². The molecule has 0 radical (unpaired) electrons. The molecule has 0 saturated carbocycles. The van der Waals surface area contributed by atoms with Gasteiger partial charge in [-0.15, -0.1) is 0 Å². The minimum absolute atomic E-state index is 0.0122. The van der Waals surface area contributed by atoms with Crippen LogP contribution in [0.4, 0.5) is 0 Å². The fourth-order valence-electron chi connectivity index (χ4n) is 2.22. The summed E-state index contributed by atoms with van der Waals surface area (Å²) >= 11 is 0. The molecule has 0 bridgehead atoms. The normalized spacial score (nSPS) is 9.81. The van der Waals surface area contributed by atoms with Gasteiger partial charge >= 0.3 is 0 Å². The lowest BCUT2D eigenvalue weighted by molar-refractivity contribution is -0.131. The number of rotatable bonds is 10. The van der Waals surface area contributed by atoms with Crippen LogP contribution >= 0.6 is 0 Å². The van der Waals surface area contributed by atoms with Crippen LogP contribution < -0.4 is 31.2 Å². The van der Waals surface area contributed by atoms with Crippen LogP contribution in [-0.2, 0) is 19.2 Å². The van der Waals surface area contributed by atoms with E-state index in [0.29, 0.717) is 11.5 Å². The number of nitrogens with one attached hydrogen (secondary N) is 4. The Morgan fingerprint density at radius 3 is 1.29 bits per heavy atom. The number of hydrogen-bond acceptors (Lipinski definition) is 6. The zero-order valence-corrected chi connectivity index (χ0v) is 16.8. The molecule has 0 fully saturated rings. The van der Waals surface area contributed by atoms with Crippen LogP contribution in [0.5, 0.6) is 11.5 Å². The Balaban J connectivity index is 1.49. The molecule has 0 spiro atoms. The zero-order chi connectivity index (χ0) is 22.3. The summed E-state index contributed by atoms with van der Waals surface area (Å²) in [5, 5.41) is 0. The highest BCUT2D eigenvalue weighted by Gasteiger charge is 2.09. The van der Waals surface area contributed by atoms with Crippen molar-refractivity contribution in [2.45, 2.75) is 19.3 Å². The molecule has 0 atom stereocenters. The highest BCUT2D eigenvalue weighted by Crippen LogP contribution is 2.08. The maximum Gasteiger partial charge on any atom is 0.276 e. The Hall–Kier alpha value is -4.08. The Bertz CT molecular complexity index is 789. The van der Waals surface area contributed by atoms with Gasteiger partial charge in [0.2, 0.25) is 11.8 Å². The summed E-state index contributed by atoms with van der Waals surface area (Å²) in [4.78, 5) is 46.7. The lowest BCUT2D eigenvalue weighted by atomic mass is 10.2. The quantitative estimate of drug-likeness (QED) is 0.410. The number of benzene rings is 2. The van der Waals surface area contributed by atoms with Gasteiger partial charge in [-0.3, -0.25) is 40.9 Å². The van der Waals surface area contributed by atoms with Gasteiger partial charge in [0.05, 0.1) is 0 Å². The number of hydrogen-bond donors (Lipinski definition) is 4. The summed E-state index contributed by atoms with van der Waals surface area (Å²) in [6.07, 6.45) is 0.251. The molecule has 0 aromatic heterocycles. The number of amides is 4. The van der Waals surface area contributed by atoms with Crippen LogP contribution in [0, 0.1) is 0 Å². The van der Waals surface area contributed by atoms with Crippen molar-refractivity contribution in [3.8, 4) is 11.5 Å². The summed E-state index contributed by atoms with van der Waals surface area (Å²) in [5.41, 5.74) is 8.92. The smallest absolute Gasteiger partial charge is 0.276 e. The van der Waals surface area contributed by atoms with Crippen molar-refractivity contribution in [3.05, 3.63) is 60.7 Å². The first kappa shape index (κ1) is 23.2. The van der Waals surface area contributed by atoms with Crippen molar-refractivity contribution in [1.82, 2.24) is 21.7 Å². The molecule has 0 aliphatic heterocycles. The molecule has 0 saturated heterocycles. The van der Waals surface area contributed by atoms with E-state index >= 15 is 0 Å². The summed E-state index contributed by atoms with van der Waals surface area (Å²) in [6, 6.07) is 17.6. The lowest BCUT2D eigenvalue weighted by Crippen LogP contribution is -2.44. The van der Waals surface area contributed by atoms with Crippen molar-refractivity contribution in [1.29, 1.82) is 0 Å². The first-order valence-corrected chi connectivity index (χ1v) is 9.54. The van der Waals surface area contributed by atoms with Gasteiger partial charge < -0.3 is 9.47 Å².